The van der Waals surface area contributed by atoms with Crippen LogP contribution >= 0.6 is 0 Å². The summed E-state index contributed by atoms with van der Waals surface area (Å²) in [7, 11) is 0. The van der Waals surface area contributed by atoms with Gasteiger partial charge >= 0.3 is 5.97 Å². The number of nitrogens with one attached hydrogen (secondary N) is 1. The number of carbonyl (C=O) groups excluding carboxylic acids is 2. The molecular formula is C25H20N2O3. The molecule has 3 aromatic carbocycles. The molecule has 0 radical (unpaired) electrons. The highest BCUT2D eigenvalue weighted by atomic mass is 16.5. The molecule has 0 fully saturated rings. The fourth-order valence-electron chi connectivity index (χ4n) is 2.67. The summed E-state index contributed by atoms with van der Waals surface area (Å²) >= 11 is 0. The Morgan fingerprint density at radius 1 is 0.967 bits per heavy atom. The Hall–Kier alpha value is -4.17. The van der Waals surface area contributed by atoms with Crippen LogP contribution in [0.4, 0.5) is 5.69 Å². The predicted molar refractivity (Wildman–Crippen MR) is 115 cm³/mol. The minimum atomic E-state index is -0.691. The van der Waals surface area contributed by atoms with Crippen molar-refractivity contribution in [3.8, 4) is 6.07 Å². The van der Waals surface area contributed by atoms with E-state index in [-0.39, 0.29) is 18.1 Å². The molecular weight excluding hydrogens is 376 g/mol. The Kier molecular flexibility index (Phi) is 6.75. The molecule has 5 heteroatoms. The van der Waals surface area contributed by atoms with Crippen molar-refractivity contribution in [2.24, 2.45) is 0 Å². The normalized spacial score (nSPS) is 10.7. The lowest BCUT2D eigenvalue weighted by Gasteiger charge is -2.07. The first-order chi connectivity index (χ1) is 14.5. The van der Waals surface area contributed by atoms with Crippen LogP contribution in [-0.4, -0.2) is 11.9 Å². The highest BCUT2D eigenvalue weighted by molar-refractivity contribution is 6.04. The first-order valence-electron chi connectivity index (χ1n) is 9.36. The Bertz CT molecular complexity index is 1090. The summed E-state index contributed by atoms with van der Waals surface area (Å²) in [6.45, 7) is 1.97. The fraction of sp³-hybridized carbons (Fsp3) is 0.0800. The molecule has 0 saturated heterocycles. The highest BCUT2D eigenvalue weighted by Gasteiger charge is 2.12. The number of amides is 1. The minimum Gasteiger partial charge on any atom is -0.457 e. The number of aryl methyl sites for hydroxylation is 1. The van der Waals surface area contributed by atoms with E-state index in [2.05, 4.69) is 5.32 Å². The van der Waals surface area contributed by atoms with E-state index in [0.29, 0.717) is 16.8 Å². The van der Waals surface area contributed by atoms with Gasteiger partial charge in [0, 0.05) is 11.3 Å². The second-order valence-electron chi connectivity index (χ2n) is 6.67. The maximum absolute atomic E-state index is 12.3. The van der Waals surface area contributed by atoms with Crippen LogP contribution in [0.15, 0.2) is 84.4 Å². The molecule has 148 valence electrons. The molecule has 0 aromatic heterocycles. The third kappa shape index (κ3) is 5.66. The smallest absolute Gasteiger partial charge is 0.349 e. The van der Waals surface area contributed by atoms with Gasteiger partial charge in [-0.1, -0.05) is 60.2 Å². The van der Waals surface area contributed by atoms with Gasteiger partial charge in [0.15, 0.2) is 0 Å². The van der Waals surface area contributed by atoms with Gasteiger partial charge in [0.1, 0.15) is 18.2 Å². The van der Waals surface area contributed by atoms with Crippen molar-refractivity contribution in [3.05, 3.63) is 107 Å². The topological polar surface area (TPSA) is 79.2 Å². The summed E-state index contributed by atoms with van der Waals surface area (Å²) in [5.74, 6) is -0.915. The molecule has 3 rings (SSSR count). The zero-order valence-electron chi connectivity index (χ0n) is 16.5. The van der Waals surface area contributed by atoms with Crippen LogP contribution in [0.2, 0.25) is 0 Å². The van der Waals surface area contributed by atoms with Crippen molar-refractivity contribution in [1.29, 1.82) is 5.26 Å². The lowest BCUT2D eigenvalue weighted by Crippen LogP contribution is -2.12. The number of rotatable bonds is 6. The van der Waals surface area contributed by atoms with Gasteiger partial charge < -0.3 is 10.1 Å². The van der Waals surface area contributed by atoms with E-state index >= 15 is 0 Å². The van der Waals surface area contributed by atoms with Gasteiger partial charge in [-0.25, -0.2) is 4.79 Å². The molecule has 0 unspecified atom stereocenters. The first kappa shape index (κ1) is 20.6. The number of hydrogen-bond donors (Lipinski definition) is 1. The van der Waals surface area contributed by atoms with E-state index in [1.54, 1.807) is 24.3 Å². The number of nitriles is 1. The highest BCUT2D eigenvalue weighted by Crippen LogP contribution is 2.13. The summed E-state index contributed by atoms with van der Waals surface area (Å²) in [5, 5.41) is 12.1. The molecule has 3 aromatic rings. The average molecular weight is 396 g/mol. The number of para-hydroxylation sites is 1. The van der Waals surface area contributed by atoms with E-state index < -0.39 is 5.97 Å². The summed E-state index contributed by atoms with van der Waals surface area (Å²) in [6.07, 6.45) is 1.50. The molecule has 0 aliphatic rings. The summed E-state index contributed by atoms with van der Waals surface area (Å²) in [6, 6.07) is 25.3. The zero-order valence-corrected chi connectivity index (χ0v) is 16.5. The Morgan fingerprint density at radius 2 is 1.63 bits per heavy atom. The van der Waals surface area contributed by atoms with Gasteiger partial charge in [-0.3, -0.25) is 4.79 Å². The molecule has 1 N–H and O–H groups in total. The fourth-order valence-corrected chi connectivity index (χ4v) is 2.67. The number of benzene rings is 3. The van der Waals surface area contributed by atoms with E-state index in [9.17, 15) is 14.9 Å². The lowest BCUT2D eigenvalue weighted by molar-refractivity contribution is -0.139. The Morgan fingerprint density at radius 3 is 2.27 bits per heavy atom. The molecule has 0 aliphatic heterocycles. The van der Waals surface area contributed by atoms with Gasteiger partial charge in [-0.15, -0.1) is 0 Å². The van der Waals surface area contributed by atoms with Crippen molar-refractivity contribution in [3.63, 3.8) is 0 Å². The quantitative estimate of drug-likeness (QED) is 0.365. The van der Waals surface area contributed by atoms with Gasteiger partial charge in [-0.05, 0) is 48.4 Å². The first-order valence-corrected chi connectivity index (χ1v) is 9.36. The molecule has 0 saturated carbocycles. The second kappa shape index (κ2) is 9.85. The van der Waals surface area contributed by atoms with Crippen LogP contribution in [0.25, 0.3) is 6.08 Å². The van der Waals surface area contributed by atoms with E-state index in [0.717, 1.165) is 11.1 Å². The lowest BCUT2D eigenvalue weighted by atomic mass is 10.1. The Labute approximate surface area is 175 Å². The van der Waals surface area contributed by atoms with Crippen LogP contribution in [0.3, 0.4) is 0 Å². The number of carbonyl (C=O) groups is 2. The van der Waals surface area contributed by atoms with Gasteiger partial charge in [-0.2, -0.15) is 5.26 Å². The third-order valence-electron chi connectivity index (χ3n) is 4.35. The number of esters is 1. The summed E-state index contributed by atoms with van der Waals surface area (Å²) < 4.78 is 5.24. The Balaban J connectivity index is 1.58. The number of hydrogen-bond acceptors (Lipinski definition) is 4. The van der Waals surface area contributed by atoms with Gasteiger partial charge in [0.05, 0.1) is 0 Å². The van der Waals surface area contributed by atoms with Gasteiger partial charge in [0.2, 0.25) is 0 Å². The molecule has 1 amide bonds. The molecule has 0 spiro atoms. The molecule has 30 heavy (non-hydrogen) atoms. The van der Waals surface area contributed by atoms with Crippen LogP contribution in [0.5, 0.6) is 0 Å². The standard InChI is InChI=1S/C25H20N2O3/c1-18-7-9-19(10-8-18)15-22(16-26)25(29)30-17-20-11-13-21(14-12-20)24(28)27-23-5-3-2-4-6-23/h2-15H,17H2,1H3,(H,27,28)/b22-15+. The maximum atomic E-state index is 12.3. The number of ether oxygens (including phenoxy) is 1. The van der Waals surface area contributed by atoms with Crippen molar-refractivity contribution < 1.29 is 14.3 Å². The number of anilines is 1. The average Bonchev–Trinajstić information content (AvgIpc) is 2.78. The van der Waals surface area contributed by atoms with E-state index in [4.69, 9.17) is 4.74 Å². The van der Waals surface area contributed by atoms with Crippen molar-refractivity contribution in [1.82, 2.24) is 0 Å². The van der Waals surface area contributed by atoms with E-state index in [1.165, 1.54) is 6.08 Å². The van der Waals surface area contributed by atoms with Crippen LogP contribution in [-0.2, 0) is 16.1 Å². The minimum absolute atomic E-state index is 0.00629. The molecule has 0 aliphatic carbocycles. The second-order valence-corrected chi connectivity index (χ2v) is 6.67. The summed E-state index contributed by atoms with van der Waals surface area (Å²) in [4.78, 5) is 24.5. The van der Waals surface area contributed by atoms with Gasteiger partial charge in [0.25, 0.3) is 5.91 Å². The molecule has 0 bridgehead atoms. The molecule has 0 atom stereocenters. The van der Waals surface area contributed by atoms with E-state index in [1.807, 2.05) is 67.6 Å². The SMILES string of the molecule is Cc1ccc(/C=C(\C#N)C(=O)OCc2ccc(C(=O)Nc3ccccc3)cc2)cc1. The van der Waals surface area contributed by atoms with Crippen molar-refractivity contribution in [2.75, 3.05) is 5.32 Å². The van der Waals surface area contributed by atoms with Crippen LogP contribution < -0.4 is 5.32 Å². The number of nitrogens with zero attached hydrogens (tertiary/aromatic N) is 1. The third-order valence-corrected chi connectivity index (χ3v) is 4.35. The summed E-state index contributed by atoms with van der Waals surface area (Å²) in [5.41, 5.74) is 3.69. The zero-order chi connectivity index (χ0) is 21.3. The van der Waals surface area contributed by atoms with Crippen molar-refractivity contribution in [2.45, 2.75) is 13.5 Å². The molecule has 5 nitrogen and oxygen atoms in total. The monoisotopic (exact) mass is 396 g/mol. The van der Waals surface area contributed by atoms with Crippen LogP contribution in [0.1, 0.15) is 27.0 Å². The van der Waals surface area contributed by atoms with Crippen molar-refractivity contribution >= 4 is 23.6 Å². The maximum Gasteiger partial charge on any atom is 0.349 e. The van der Waals surface area contributed by atoms with Crippen LogP contribution in [0, 0.1) is 18.3 Å². The largest absolute Gasteiger partial charge is 0.457 e. The molecule has 0 heterocycles. The predicted octanol–water partition coefficient (Wildman–Crippen LogP) is 4.90.